The Bertz CT molecular complexity index is 1230. The van der Waals surface area contributed by atoms with Crippen LogP contribution in [0.2, 0.25) is 0 Å². The number of ether oxygens (including phenoxy) is 5. The molecule has 0 N–H and O–H groups in total. The summed E-state index contributed by atoms with van der Waals surface area (Å²) in [6, 6.07) is 10.7. The van der Waals surface area contributed by atoms with Gasteiger partial charge in [-0.15, -0.1) is 0 Å². The van der Waals surface area contributed by atoms with Gasteiger partial charge in [-0.25, -0.2) is 5.01 Å². The topological polar surface area (TPSA) is 102 Å². The maximum Gasteiger partial charge on any atom is 0.262 e. The first kappa shape index (κ1) is 29.2. The third-order valence-electron chi connectivity index (χ3n) is 7.24. The zero-order valence-electron chi connectivity index (χ0n) is 23.8. The molecule has 1 fully saturated rings. The Balaban J connectivity index is 1.63. The summed E-state index contributed by atoms with van der Waals surface area (Å²) in [6.07, 6.45) is 0.442. The van der Waals surface area contributed by atoms with Crippen LogP contribution in [0, 0.1) is 0 Å². The molecule has 0 aliphatic carbocycles. The number of carbonyl (C=O) groups excluding carboxylic acids is 2. The van der Waals surface area contributed by atoms with E-state index in [4.69, 9.17) is 28.8 Å². The zero-order valence-corrected chi connectivity index (χ0v) is 23.8. The Kier molecular flexibility index (Phi) is 9.84. The van der Waals surface area contributed by atoms with Gasteiger partial charge in [0.1, 0.15) is 18.0 Å². The number of carbonyl (C=O) groups is 2. The molecule has 1 saturated heterocycles. The first-order valence-corrected chi connectivity index (χ1v) is 13.3. The van der Waals surface area contributed by atoms with Crippen molar-refractivity contribution in [1.82, 2.24) is 14.8 Å². The van der Waals surface area contributed by atoms with E-state index in [2.05, 4.69) is 4.90 Å². The van der Waals surface area contributed by atoms with Gasteiger partial charge in [-0.2, -0.15) is 5.10 Å². The molecular weight excluding hydrogens is 516 g/mol. The van der Waals surface area contributed by atoms with Crippen molar-refractivity contribution in [2.24, 2.45) is 5.10 Å². The van der Waals surface area contributed by atoms with Crippen molar-refractivity contribution in [1.29, 1.82) is 0 Å². The van der Waals surface area contributed by atoms with Crippen molar-refractivity contribution in [3.8, 4) is 23.0 Å². The minimum absolute atomic E-state index is 0.0833. The summed E-state index contributed by atoms with van der Waals surface area (Å²) in [5.41, 5.74) is 2.29. The summed E-state index contributed by atoms with van der Waals surface area (Å²) >= 11 is 0. The van der Waals surface area contributed by atoms with Crippen molar-refractivity contribution < 1.29 is 33.3 Å². The largest absolute Gasteiger partial charge is 0.497 e. The minimum atomic E-state index is -0.415. The predicted octanol–water partition coefficient (Wildman–Crippen LogP) is 2.58. The lowest BCUT2D eigenvalue weighted by atomic mass is 9.97. The highest BCUT2D eigenvalue weighted by atomic mass is 16.5. The van der Waals surface area contributed by atoms with Gasteiger partial charge in [0.05, 0.1) is 53.4 Å². The van der Waals surface area contributed by atoms with E-state index in [1.807, 2.05) is 30.3 Å². The molecule has 2 amide bonds. The van der Waals surface area contributed by atoms with Gasteiger partial charge in [0, 0.05) is 51.2 Å². The van der Waals surface area contributed by atoms with Crippen molar-refractivity contribution in [3.63, 3.8) is 0 Å². The maximum atomic E-state index is 13.8. The van der Waals surface area contributed by atoms with Gasteiger partial charge >= 0.3 is 0 Å². The van der Waals surface area contributed by atoms with E-state index in [0.29, 0.717) is 61.4 Å². The first-order valence-electron chi connectivity index (χ1n) is 13.3. The van der Waals surface area contributed by atoms with Crippen LogP contribution in [-0.4, -0.2) is 107 Å². The molecule has 0 saturated carbocycles. The highest BCUT2D eigenvalue weighted by Crippen LogP contribution is 2.39. The standard InChI is InChI=1S/C29H38N4O7/c1-20(34)32(11-10-31-12-14-40-15-13-31)19-29(35)33-25(21-6-9-26(37-3)28(16-21)39-5)18-24(30-33)23-8-7-22(36-2)17-27(23)38-4/h6-9,16-17,25H,10-15,18-19H2,1-5H3. The predicted molar refractivity (Wildman–Crippen MR) is 149 cm³/mol. The van der Waals surface area contributed by atoms with Gasteiger partial charge < -0.3 is 28.6 Å². The van der Waals surface area contributed by atoms with Crippen molar-refractivity contribution >= 4 is 17.5 Å². The van der Waals surface area contributed by atoms with E-state index >= 15 is 0 Å². The van der Waals surface area contributed by atoms with E-state index in [1.165, 1.54) is 11.9 Å². The molecule has 2 aliphatic rings. The Morgan fingerprint density at radius 3 is 2.33 bits per heavy atom. The first-order chi connectivity index (χ1) is 19.4. The molecule has 11 heteroatoms. The molecule has 2 heterocycles. The lowest BCUT2D eigenvalue weighted by Gasteiger charge is -2.30. The van der Waals surface area contributed by atoms with Crippen LogP contribution in [0.25, 0.3) is 0 Å². The molecule has 40 heavy (non-hydrogen) atoms. The Morgan fingerprint density at radius 2 is 1.68 bits per heavy atom. The number of nitrogens with zero attached hydrogens (tertiary/aromatic N) is 4. The fraction of sp³-hybridized carbons (Fsp3) is 0.483. The zero-order chi connectivity index (χ0) is 28.6. The number of amides is 2. The number of hydrogen-bond acceptors (Lipinski definition) is 9. The quantitative estimate of drug-likeness (QED) is 0.418. The molecule has 0 spiro atoms. The Hall–Kier alpha value is -3.83. The van der Waals surface area contributed by atoms with Crippen molar-refractivity contribution in [3.05, 3.63) is 47.5 Å². The summed E-state index contributed by atoms with van der Waals surface area (Å²) in [5, 5.41) is 6.26. The van der Waals surface area contributed by atoms with Gasteiger partial charge in [-0.05, 0) is 29.8 Å². The molecule has 4 rings (SSSR count). The van der Waals surface area contributed by atoms with Crippen molar-refractivity contribution in [2.45, 2.75) is 19.4 Å². The van der Waals surface area contributed by atoms with Crippen LogP contribution in [0.3, 0.4) is 0 Å². The normalized spacial score (nSPS) is 17.3. The van der Waals surface area contributed by atoms with Crippen LogP contribution in [0.4, 0.5) is 0 Å². The van der Waals surface area contributed by atoms with Crippen LogP contribution < -0.4 is 18.9 Å². The summed E-state index contributed by atoms with van der Waals surface area (Å²) < 4.78 is 27.3. The summed E-state index contributed by atoms with van der Waals surface area (Å²) in [7, 11) is 6.33. The monoisotopic (exact) mass is 554 g/mol. The molecule has 2 aromatic carbocycles. The van der Waals surface area contributed by atoms with Crippen LogP contribution in [0.15, 0.2) is 41.5 Å². The smallest absolute Gasteiger partial charge is 0.262 e. The fourth-order valence-electron chi connectivity index (χ4n) is 4.93. The number of morpholine rings is 1. The van der Waals surface area contributed by atoms with Gasteiger partial charge in [0.2, 0.25) is 5.91 Å². The second-order valence-corrected chi connectivity index (χ2v) is 9.58. The van der Waals surface area contributed by atoms with E-state index in [-0.39, 0.29) is 18.4 Å². The lowest BCUT2D eigenvalue weighted by molar-refractivity contribution is -0.140. The molecule has 11 nitrogen and oxygen atoms in total. The van der Waals surface area contributed by atoms with Gasteiger partial charge in [-0.3, -0.25) is 14.5 Å². The molecule has 2 aliphatic heterocycles. The average molecular weight is 555 g/mol. The Morgan fingerprint density at radius 1 is 0.950 bits per heavy atom. The van der Waals surface area contributed by atoms with Crippen LogP contribution >= 0.6 is 0 Å². The van der Waals surface area contributed by atoms with E-state index < -0.39 is 6.04 Å². The molecule has 216 valence electrons. The third-order valence-corrected chi connectivity index (χ3v) is 7.24. The van der Waals surface area contributed by atoms with Gasteiger partial charge in [0.15, 0.2) is 11.5 Å². The fourth-order valence-corrected chi connectivity index (χ4v) is 4.93. The molecule has 1 unspecified atom stereocenters. The summed E-state index contributed by atoms with van der Waals surface area (Å²) in [4.78, 5) is 30.1. The van der Waals surface area contributed by atoms with Crippen LogP contribution in [-0.2, 0) is 14.3 Å². The van der Waals surface area contributed by atoms with Crippen LogP contribution in [0.5, 0.6) is 23.0 Å². The lowest BCUT2D eigenvalue weighted by Crippen LogP contribution is -2.45. The second-order valence-electron chi connectivity index (χ2n) is 9.58. The number of benzene rings is 2. The SMILES string of the molecule is COc1ccc(C2=NN(C(=O)CN(CCN3CCOCC3)C(C)=O)C(c3ccc(OC)c(OC)c3)C2)c(OC)c1. The molecular formula is C29H38N4O7. The summed E-state index contributed by atoms with van der Waals surface area (Å²) in [5.74, 6) is 1.95. The molecule has 0 radical (unpaired) electrons. The third kappa shape index (κ3) is 6.65. The molecule has 0 bridgehead atoms. The van der Waals surface area contributed by atoms with E-state index in [1.54, 1.807) is 39.4 Å². The molecule has 0 aromatic heterocycles. The average Bonchev–Trinajstić information content (AvgIpc) is 3.44. The number of rotatable bonds is 11. The highest BCUT2D eigenvalue weighted by molar-refractivity contribution is 6.05. The minimum Gasteiger partial charge on any atom is -0.497 e. The highest BCUT2D eigenvalue weighted by Gasteiger charge is 2.35. The van der Waals surface area contributed by atoms with Crippen molar-refractivity contribution in [2.75, 3.05) is 74.4 Å². The van der Waals surface area contributed by atoms with E-state index in [9.17, 15) is 9.59 Å². The molecule has 2 aromatic rings. The number of hydrogen-bond donors (Lipinski definition) is 0. The van der Waals surface area contributed by atoms with E-state index in [0.717, 1.165) is 24.2 Å². The van der Waals surface area contributed by atoms with Gasteiger partial charge in [0.25, 0.3) is 5.91 Å². The summed E-state index contributed by atoms with van der Waals surface area (Å²) in [6.45, 7) is 5.48. The maximum absolute atomic E-state index is 13.8. The molecule has 1 atom stereocenters. The van der Waals surface area contributed by atoms with Gasteiger partial charge in [-0.1, -0.05) is 6.07 Å². The second kappa shape index (κ2) is 13.5. The number of hydrazone groups is 1. The Labute approximate surface area is 235 Å². The number of methoxy groups -OCH3 is 4. The van der Waals surface area contributed by atoms with Crippen LogP contribution in [0.1, 0.15) is 30.5 Å².